The molecule has 0 saturated heterocycles. The average Bonchev–Trinajstić information content (AvgIpc) is 2.77. The number of rotatable bonds is 5. The van der Waals surface area contributed by atoms with Crippen LogP contribution < -0.4 is 20.1 Å². The van der Waals surface area contributed by atoms with E-state index in [9.17, 15) is 14.4 Å². The van der Waals surface area contributed by atoms with Crippen molar-refractivity contribution in [3.63, 3.8) is 0 Å². The summed E-state index contributed by atoms with van der Waals surface area (Å²) in [7, 11) is 1.94. The molecule has 0 saturated carbocycles. The molecule has 0 aliphatic carbocycles. The van der Waals surface area contributed by atoms with E-state index in [0.29, 0.717) is 29.6 Å². The first-order valence-corrected chi connectivity index (χ1v) is 9.88. The largest absolute Gasteiger partial charge is 0.473 e. The number of hydrogen-bond donors (Lipinski definition) is 0. The van der Waals surface area contributed by atoms with Gasteiger partial charge in [0.25, 0.3) is 0 Å². The van der Waals surface area contributed by atoms with E-state index < -0.39 is 0 Å². The van der Waals surface area contributed by atoms with Gasteiger partial charge in [0.1, 0.15) is 35.8 Å². The Morgan fingerprint density at radius 2 is 2.00 bits per heavy atom. The molecule has 0 radical (unpaired) electrons. The predicted octanol–water partition coefficient (Wildman–Crippen LogP) is 3.85. The molecule has 1 aliphatic heterocycles. The maximum atomic E-state index is 13.1. The molecule has 1 aliphatic rings. The fraction of sp³-hybridized carbons (Fsp3) is 0.261. The van der Waals surface area contributed by atoms with Gasteiger partial charge in [-0.05, 0) is 55.3 Å². The highest BCUT2D eigenvalue weighted by molar-refractivity contribution is 5.48. The zero-order chi connectivity index (χ0) is 22.0. The second-order valence-corrected chi connectivity index (χ2v) is 7.42. The van der Waals surface area contributed by atoms with E-state index in [1.165, 1.54) is 24.3 Å². The molecule has 0 bridgehead atoms. The van der Waals surface area contributed by atoms with Crippen LogP contribution in [0.1, 0.15) is 24.5 Å². The molecule has 0 N–H and O–H groups in total. The van der Waals surface area contributed by atoms with Crippen molar-refractivity contribution in [2.24, 2.45) is 0 Å². The van der Waals surface area contributed by atoms with Crippen molar-refractivity contribution in [3.05, 3.63) is 76.0 Å². The number of anilines is 1. The van der Waals surface area contributed by atoms with Gasteiger partial charge in [-0.2, -0.15) is 10.2 Å². The molecular weight excluding hydrogens is 399 g/mol. The minimum absolute atomic E-state index is 0.140. The lowest BCUT2D eigenvalue weighted by molar-refractivity contribution is 0.289. The number of ether oxygens (including phenoxy) is 2. The van der Waals surface area contributed by atoms with Crippen LogP contribution in [0.2, 0.25) is 0 Å². The molecule has 158 valence electrons. The molecule has 1 atom stereocenters. The number of nitriles is 1. The topological polar surface area (TPSA) is 80.4 Å². The Morgan fingerprint density at radius 3 is 2.74 bits per heavy atom. The summed E-state index contributed by atoms with van der Waals surface area (Å²) in [5.41, 5.74) is 0.703. The quantitative estimate of drug-likeness (QED) is 0.624. The molecule has 2 heterocycles. The maximum absolute atomic E-state index is 13.1. The van der Waals surface area contributed by atoms with Crippen LogP contribution in [0.5, 0.6) is 17.4 Å². The van der Waals surface area contributed by atoms with Gasteiger partial charge in [0.15, 0.2) is 0 Å². The second kappa shape index (κ2) is 8.48. The summed E-state index contributed by atoms with van der Waals surface area (Å²) in [6, 6.07) is 14.8. The van der Waals surface area contributed by atoms with Crippen molar-refractivity contribution in [2.45, 2.75) is 32.5 Å². The number of nitrogens with zero attached hydrogens (tertiary/aromatic N) is 4. The standard InChI is InChI=1S/C23H21FN4O3/c1-15-9-10-28-22(27(15)2)12-21(26-23(28)29)30-14-16-3-8-20(17(11-16)13-25)31-19-6-4-18(24)5-7-19/h3-8,11-12,15H,9-10,14H2,1-2H3. The molecule has 31 heavy (non-hydrogen) atoms. The van der Waals surface area contributed by atoms with E-state index in [-0.39, 0.29) is 24.0 Å². The van der Waals surface area contributed by atoms with Crippen LogP contribution in [-0.4, -0.2) is 22.6 Å². The Balaban J connectivity index is 1.50. The highest BCUT2D eigenvalue weighted by Crippen LogP contribution is 2.27. The third kappa shape index (κ3) is 4.36. The van der Waals surface area contributed by atoms with Crippen LogP contribution in [0, 0.1) is 17.1 Å². The van der Waals surface area contributed by atoms with Gasteiger partial charge >= 0.3 is 5.69 Å². The first-order valence-electron chi connectivity index (χ1n) is 9.88. The zero-order valence-corrected chi connectivity index (χ0v) is 17.2. The summed E-state index contributed by atoms with van der Waals surface area (Å²) in [4.78, 5) is 18.4. The van der Waals surface area contributed by atoms with Crippen molar-refractivity contribution < 1.29 is 13.9 Å². The van der Waals surface area contributed by atoms with E-state index >= 15 is 0 Å². The number of benzene rings is 2. The van der Waals surface area contributed by atoms with E-state index in [1.807, 2.05) is 11.9 Å². The normalized spacial score (nSPS) is 15.2. The number of hydrogen-bond acceptors (Lipinski definition) is 6. The Bertz CT molecular complexity index is 1200. The zero-order valence-electron chi connectivity index (χ0n) is 17.2. The minimum atomic E-state index is -0.364. The molecular formula is C23H21FN4O3. The summed E-state index contributed by atoms with van der Waals surface area (Å²) < 4.78 is 26.1. The fourth-order valence-corrected chi connectivity index (χ4v) is 3.42. The summed E-state index contributed by atoms with van der Waals surface area (Å²) in [5.74, 6) is 1.44. The molecule has 3 aromatic rings. The fourth-order valence-electron chi connectivity index (χ4n) is 3.42. The van der Waals surface area contributed by atoms with Gasteiger partial charge in [-0.1, -0.05) is 6.07 Å². The van der Waals surface area contributed by atoms with Crippen LogP contribution in [0.4, 0.5) is 10.2 Å². The minimum Gasteiger partial charge on any atom is -0.473 e. The molecule has 0 fully saturated rings. The third-order valence-electron chi connectivity index (χ3n) is 5.35. The lowest BCUT2D eigenvalue weighted by Gasteiger charge is -2.34. The summed E-state index contributed by atoms with van der Waals surface area (Å²) in [6.07, 6.45) is 0.884. The van der Waals surface area contributed by atoms with E-state index in [1.54, 1.807) is 28.8 Å². The van der Waals surface area contributed by atoms with Crippen molar-refractivity contribution in [1.82, 2.24) is 9.55 Å². The van der Waals surface area contributed by atoms with Crippen LogP contribution >= 0.6 is 0 Å². The smallest absolute Gasteiger partial charge is 0.352 e. The highest BCUT2D eigenvalue weighted by atomic mass is 19.1. The van der Waals surface area contributed by atoms with Gasteiger partial charge in [0.2, 0.25) is 5.88 Å². The Morgan fingerprint density at radius 1 is 1.23 bits per heavy atom. The molecule has 4 rings (SSSR count). The molecule has 0 spiro atoms. The summed E-state index contributed by atoms with van der Waals surface area (Å²) >= 11 is 0. The van der Waals surface area contributed by atoms with Gasteiger partial charge in [0, 0.05) is 25.7 Å². The van der Waals surface area contributed by atoms with Crippen molar-refractivity contribution in [2.75, 3.05) is 11.9 Å². The van der Waals surface area contributed by atoms with Crippen LogP contribution in [-0.2, 0) is 13.2 Å². The van der Waals surface area contributed by atoms with E-state index in [4.69, 9.17) is 9.47 Å². The molecule has 8 heteroatoms. The van der Waals surface area contributed by atoms with E-state index in [0.717, 1.165) is 17.8 Å². The monoisotopic (exact) mass is 420 g/mol. The van der Waals surface area contributed by atoms with Crippen LogP contribution in [0.3, 0.4) is 0 Å². The van der Waals surface area contributed by atoms with Crippen molar-refractivity contribution >= 4 is 5.82 Å². The van der Waals surface area contributed by atoms with Crippen LogP contribution in [0.15, 0.2) is 53.3 Å². The van der Waals surface area contributed by atoms with Gasteiger partial charge in [-0.15, -0.1) is 0 Å². The van der Waals surface area contributed by atoms with Gasteiger partial charge in [-0.3, -0.25) is 4.57 Å². The first-order chi connectivity index (χ1) is 14.9. The molecule has 0 amide bonds. The van der Waals surface area contributed by atoms with Crippen LogP contribution in [0.25, 0.3) is 0 Å². The number of fused-ring (bicyclic) bond motifs is 1. The average molecular weight is 420 g/mol. The SMILES string of the molecule is CC1CCn2c(cc(OCc3ccc(Oc4ccc(F)cc4)c(C#N)c3)nc2=O)N1C. The number of aromatic nitrogens is 2. The Hall–Kier alpha value is -3.86. The first kappa shape index (κ1) is 20.4. The maximum Gasteiger partial charge on any atom is 0.352 e. The lowest BCUT2D eigenvalue weighted by atomic mass is 10.1. The number of halogens is 1. The summed E-state index contributed by atoms with van der Waals surface area (Å²) in [5, 5.41) is 9.48. The lowest BCUT2D eigenvalue weighted by Crippen LogP contribution is -2.41. The molecule has 1 unspecified atom stereocenters. The molecule has 2 aromatic carbocycles. The van der Waals surface area contributed by atoms with Crippen molar-refractivity contribution in [1.29, 1.82) is 5.26 Å². The Labute approximate surface area is 178 Å². The van der Waals surface area contributed by atoms with Crippen molar-refractivity contribution in [3.8, 4) is 23.4 Å². The molecule has 1 aromatic heterocycles. The van der Waals surface area contributed by atoms with E-state index in [2.05, 4.69) is 18.0 Å². The summed E-state index contributed by atoms with van der Waals surface area (Å²) in [6.45, 7) is 2.88. The predicted molar refractivity (Wildman–Crippen MR) is 113 cm³/mol. The second-order valence-electron chi connectivity index (χ2n) is 7.42. The van der Waals surface area contributed by atoms with Gasteiger partial charge in [0.05, 0.1) is 5.56 Å². The Kier molecular flexibility index (Phi) is 5.58. The third-order valence-corrected chi connectivity index (χ3v) is 5.35. The van der Waals surface area contributed by atoms with Gasteiger partial charge in [-0.25, -0.2) is 9.18 Å². The highest BCUT2D eigenvalue weighted by Gasteiger charge is 2.22. The molecule has 7 nitrogen and oxygen atoms in total. The van der Waals surface area contributed by atoms with Gasteiger partial charge < -0.3 is 14.4 Å².